The highest BCUT2D eigenvalue weighted by atomic mass is 16.7. The van der Waals surface area contributed by atoms with Crippen LogP contribution in [0.4, 0.5) is 0 Å². The van der Waals surface area contributed by atoms with Crippen molar-refractivity contribution in [3.05, 3.63) is 53.9 Å². The minimum Gasteiger partial charge on any atom is -0.493 e. The van der Waals surface area contributed by atoms with Gasteiger partial charge in [0, 0.05) is 25.1 Å². The predicted octanol–water partition coefficient (Wildman–Crippen LogP) is 2.62. The molecule has 226 valence electrons. The molecule has 1 aromatic heterocycles. The maximum absolute atomic E-state index is 13.3. The van der Waals surface area contributed by atoms with Crippen LogP contribution in [0, 0.1) is 11.8 Å². The molecule has 2 fully saturated rings. The van der Waals surface area contributed by atoms with Crippen LogP contribution in [0.3, 0.4) is 0 Å². The molecule has 12 nitrogen and oxygen atoms in total. The maximum atomic E-state index is 13.3. The number of esters is 3. The first-order chi connectivity index (χ1) is 20.3. The van der Waals surface area contributed by atoms with Crippen molar-refractivity contribution in [2.24, 2.45) is 11.8 Å². The minimum atomic E-state index is -1.19. The number of cyclic esters (lactones) is 1. The second kappa shape index (κ2) is 14.6. The number of pyridine rings is 1. The van der Waals surface area contributed by atoms with Crippen LogP contribution in [-0.2, 0) is 39.8 Å². The number of hydrogen-bond donors (Lipinski definition) is 1. The topological polar surface area (TPSA) is 149 Å². The van der Waals surface area contributed by atoms with Gasteiger partial charge in [0.1, 0.15) is 12.2 Å². The first-order valence-electron chi connectivity index (χ1n) is 13.9. The van der Waals surface area contributed by atoms with E-state index < -0.39 is 42.9 Å². The molecule has 1 aromatic carbocycles. The van der Waals surface area contributed by atoms with E-state index in [1.54, 1.807) is 6.92 Å². The van der Waals surface area contributed by atoms with Gasteiger partial charge in [-0.1, -0.05) is 30.3 Å². The van der Waals surface area contributed by atoms with Crippen LogP contribution in [0.2, 0.25) is 0 Å². The van der Waals surface area contributed by atoms with Gasteiger partial charge in [0.15, 0.2) is 23.2 Å². The molecule has 0 spiro atoms. The van der Waals surface area contributed by atoms with E-state index in [2.05, 4.69) is 10.3 Å². The molecule has 1 aliphatic heterocycles. The van der Waals surface area contributed by atoms with E-state index in [0.717, 1.165) is 18.4 Å². The average Bonchev–Trinajstić information content (AvgIpc) is 3.82. The molecule has 4 rings (SSSR count). The van der Waals surface area contributed by atoms with Gasteiger partial charge in [0.05, 0.1) is 26.2 Å². The molecule has 1 N–H and O–H groups in total. The summed E-state index contributed by atoms with van der Waals surface area (Å²) in [5.74, 6) is -2.68. The smallest absolute Gasteiger partial charge is 0.331 e. The van der Waals surface area contributed by atoms with Gasteiger partial charge >= 0.3 is 17.9 Å². The van der Waals surface area contributed by atoms with Crippen LogP contribution < -0.4 is 14.8 Å². The third kappa shape index (κ3) is 8.41. The van der Waals surface area contributed by atoms with Crippen LogP contribution in [0.5, 0.6) is 11.5 Å². The van der Waals surface area contributed by atoms with Gasteiger partial charge in [-0.25, -0.2) is 9.78 Å². The lowest BCUT2D eigenvalue weighted by Gasteiger charge is -2.30. The standard InChI is InChI=1S/C30H36N2O10/c1-18-26(42-29(35)21-11-12-21)22(10-9-20-7-5-4-6-8-20)15-38-16-23(30(36)41-18)32-28(34)25-27(40-17-39-19(2)33)24(37-3)13-14-31-25/h4-8,13-14,18,21-23,26H,9-12,15-17H2,1-3H3,(H,32,34). The fourth-order valence-corrected chi connectivity index (χ4v) is 4.59. The Kier molecular flexibility index (Phi) is 10.7. The van der Waals surface area contributed by atoms with Crippen LogP contribution >= 0.6 is 0 Å². The summed E-state index contributed by atoms with van der Waals surface area (Å²) in [6, 6.07) is 10.2. The zero-order chi connectivity index (χ0) is 30.1. The van der Waals surface area contributed by atoms with Gasteiger partial charge in [0.25, 0.3) is 5.91 Å². The molecule has 1 saturated heterocycles. The zero-order valence-corrected chi connectivity index (χ0v) is 23.9. The van der Waals surface area contributed by atoms with Gasteiger partial charge in [-0.05, 0) is 38.2 Å². The van der Waals surface area contributed by atoms with Gasteiger partial charge in [-0.3, -0.25) is 14.4 Å². The van der Waals surface area contributed by atoms with Crippen molar-refractivity contribution in [2.75, 3.05) is 27.1 Å². The van der Waals surface area contributed by atoms with Gasteiger partial charge in [-0.2, -0.15) is 0 Å². The number of ether oxygens (including phenoxy) is 6. The summed E-state index contributed by atoms with van der Waals surface area (Å²) in [5, 5.41) is 2.60. The summed E-state index contributed by atoms with van der Waals surface area (Å²) in [7, 11) is 1.38. The third-order valence-corrected chi connectivity index (χ3v) is 7.01. The Bertz CT molecular complexity index is 1250. The molecule has 2 aliphatic rings. The molecule has 42 heavy (non-hydrogen) atoms. The first kappa shape index (κ1) is 30.8. The lowest BCUT2D eigenvalue weighted by molar-refractivity contribution is -0.172. The van der Waals surface area contributed by atoms with Crippen molar-refractivity contribution in [1.82, 2.24) is 10.3 Å². The van der Waals surface area contributed by atoms with E-state index in [1.807, 2.05) is 30.3 Å². The zero-order valence-electron chi connectivity index (χ0n) is 23.9. The molecule has 1 aliphatic carbocycles. The van der Waals surface area contributed by atoms with E-state index >= 15 is 0 Å². The van der Waals surface area contributed by atoms with Gasteiger partial charge < -0.3 is 33.7 Å². The Morgan fingerprint density at radius 1 is 1.10 bits per heavy atom. The van der Waals surface area contributed by atoms with Crippen LogP contribution in [0.25, 0.3) is 0 Å². The summed E-state index contributed by atoms with van der Waals surface area (Å²) >= 11 is 0. The molecule has 2 heterocycles. The lowest BCUT2D eigenvalue weighted by Crippen LogP contribution is -2.46. The highest BCUT2D eigenvalue weighted by Gasteiger charge is 2.40. The van der Waals surface area contributed by atoms with E-state index in [4.69, 9.17) is 28.4 Å². The number of carbonyl (C=O) groups excluding carboxylic acids is 4. The van der Waals surface area contributed by atoms with Crippen LogP contribution in [-0.4, -0.2) is 74.2 Å². The molecule has 4 atom stereocenters. The molecular formula is C30H36N2O10. The minimum absolute atomic E-state index is 0.0718. The van der Waals surface area contributed by atoms with E-state index in [9.17, 15) is 19.2 Å². The molecule has 1 saturated carbocycles. The van der Waals surface area contributed by atoms with Crippen molar-refractivity contribution in [3.63, 3.8) is 0 Å². The summed E-state index contributed by atoms with van der Waals surface area (Å²) in [6.07, 6.45) is 2.73. The second-order valence-electron chi connectivity index (χ2n) is 10.3. The van der Waals surface area contributed by atoms with Gasteiger partial charge in [-0.15, -0.1) is 0 Å². The normalized spacial score (nSPS) is 22.4. The monoisotopic (exact) mass is 584 g/mol. The van der Waals surface area contributed by atoms with Crippen molar-refractivity contribution in [2.45, 2.75) is 57.8 Å². The number of rotatable bonds is 11. The number of methoxy groups -OCH3 is 1. The fraction of sp³-hybridized carbons (Fsp3) is 0.500. The molecule has 0 radical (unpaired) electrons. The number of aryl methyl sites for hydroxylation is 1. The number of amides is 1. The summed E-state index contributed by atoms with van der Waals surface area (Å²) < 4.78 is 33.1. The summed E-state index contributed by atoms with van der Waals surface area (Å²) in [6.45, 7) is 2.40. The predicted molar refractivity (Wildman–Crippen MR) is 147 cm³/mol. The van der Waals surface area contributed by atoms with Crippen molar-refractivity contribution in [1.29, 1.82) is 0 Å². The van der Waals surface area contributed by atoms with Crippen molar-refractivity contribution < 1.29 is 47.6 Å². The number of benzene rings is 1. The number of nitrogens with zero attached hydrogens (tertiary/aromatic N) is 1. The summed E-state index contributed by atoms with van der Waals surface area (Å²) in [4.78, 5) is 54.4. The van der Waals surface area contributed by atoms with E-state index in [0.29, 0.717) is 12.8 Å². The van der Waals surface area contributed by atoms with Crippen molar-refractivity contribution in [3.8, 4) is 11.5 Å². The Labute approximate surface area is 244 Å². The fourth-order valence-electron chi connectivity index (χ4n) is 4.59. The molecule has 0 bridgehead atoms. The Balaban J connectivity index is 1.49. The maximum Gasteiger partial charge on any atom is 0.331 e. The largest absolute Gasteiger partial charge is 0.493 e. The van der Waals surface area contributed by atoms with Crippen LogP contribution in [0.15, 0.2) is 42.6 Å². The summed E-state index contributed by atoms with van der Waals surface area (Å²) in [5.41, 5.74) is 0.927. The Morgan fingerprint density at radius 2 is 1.86 bits per heavy atom. The first-order valence-corrected chi connectivity index (χ1v) is 13.9. The van der Waals surface area contributed by atoms with E-state index in [-0.39, 0.29) is 48.2 Å². The molecule has 4 unspecified atom stereocenters. The number of nitrogens with one attached hydrogen (secondary N) is 1. The number of carbonyl (C=O) groups is 4. The Hall–Kier alpha value is -4.19. The average molecular weight is 585 g/mol. The Morgan fingerprint density at radius 3 is 2.55 bits per heavy atom. The molecule has 2 aromatic rings. The number of hydrogen-bond acceptors (Lipinski definition) is 11. The second-order valence-corrected chi connectivity index (χ2v) is 10.3. The van der Waals surface area contributed by atoms with E-state index in [1.165, 1.54) is 26.3 Å². The van der Waals surface area contributed by atoms with Gasteiger partial charge in [0.2, 0.25) is 6.79 Å². The molecule has 12 heteroatoms. The lowest BCUT2D eigenvalue weighted by atomic mass is 9.92. The highest BCUT2D eigenvalue weighted by molar-refractivity contribution is 5.98. The SMILES string of the molecule is COc1ccnc(C(=O)NC2COCC(CCc3ccccc3)C(OC(=O)C3CC3)C(C)OC2=O)c1OCOC(C)=O. The quantitative estimate of drug-likeness (QED) is 0.236. The highest BCUT2D eigenvalue weighted by Crippen LogP contribution is 2.33. The number of aromatic nitrogens is 1. The molecular weight excluding hydrogens is 548 g/mol. The van der Waals surface area contributed by atoms with Crippen molar-refractivity contribution >= 4 is 23.8 Å². The van der Waals surface area contributed by atoms with Crippen LogP contribution in [0.1, 0.15) is 49.2 Å². The third-order valence-electron chi connectivity index (χ3n) is 7.01. The molecule has 1 amide bonds.